The van der Waals surface area contributed by atoms with Gasteiger partial charge in [-0.25, -0.2) is 4.99 Å². The Morgan fingerprint density at radius 3 is 2.74 bits per heavy atom. The van der Waals surface area contributed by atoms with Gasteiger partial charge in [0, 0.05) is 26.3 Å². The summed E-state index contributed by atoms with van der Waals surface area (Å²) in [6.45, 7) is 9.08. The molecular formula is C16H30IN3O3. The van der Waals surface area contributed by atoms with Gasteiger partial charge in [0.25, 0.3) is 0 Å². The van der Waals surface area contributed by atoms with Gasteiger partial charge < -0.3 is 24.9 Å². The van der Waals surface area contributed by atoms with Crippen LogP contribution in [0.4, 0.5) is 0 Å². The van der Waals surface area contributed by atoms with E-state index >= 15 is 0 Å². The first kappa shape index (κ1) is 22.2. The molecule has 0 aliphatic heterocycles. The monoisotopic (exact) mass is 439 g/mol. The Bertz CT molecular complexity index is 422. The number of aliphatic imine (C=N–C) groups is 1. The van der Waals surface area contributed by atoms with Gasteiger partial charge in [-0.15, -0.1) is 24.0 Å². The van der Waals surface area contributed by atoms with Crippen LogP contribution in [0.15, 0.2) is 27.8 Å². The molecule has 1 aromatic rings. The predicted octanol–water partition coefficient (Wildman–Crippen LogP) is 2.48. The second-order valence-corrected chi connectivity index (χ2v) is 5.28. The van der Waals surface area contributed by atoms with Gasteiger partial charge in [0.2, 0.25) is 0 Å². The molecule has 1 atom stereocenters. The zero-order valence-electron chi connectivity index (χ0n) is 14.3. The Hall–Kier alpha value is -0.800. The Kier molecular flexibility index (Phi) is 12.2. The van der Waals surface area contributed by atoms with Crippen LogP contribution >= 0.6 is 24.0 Å². The minimum Gasteiger partial charge on any atom is -0.466 e. The van der Waals surface area contributed by atoms with Gasteiger partial charge in [0.15, 0.2) is 5.96 Å². The number of nitrogens with zero attached hydrogens (tertiary/aromatic N) is 1. The zero-order chi connectivity index (χ0) is 16.3. The fourth-order valence-electron chi connectivity index (χ4n) is 1.92. The van der Waals surface area contributed by atoms with Crippen molar-refractivity contribution in [1.82, 2.24) is 10.6 Å². The van der Waals surface area contributed by atoms with Crippen molar-refractivity contribution in [1.29, 1.82) is 0 Å². The molecule has 7 heteroatoms. The Labute approximate surface area is 156 Å². The highest BCUT2D eigenvalue weighted by atomic mass is 127. The maximum atomic E-state index is 10.4. The largest absolute Gasteiger partial charge is 0.466 e. The number of guanidine groups is 1. The number of unbranched alkanes of at least 4 members (excludes halogenated alkanes) is 1. The number of furan rings is 1. The van der Waals surface area contributed by atoms with Crippen LogP contribution in [0.5, 0.6) is 0 Å². The fourth-order valence-corrected chi connectivity index (χ4v) is 1.92. The normalized spacial score (nSPS) is 14.0. The molecule has 0 amide bonds. The molecule has 0 aromatic carbocycles. The second-order valence-electron chi connectivity index (χ2n) is 5.28. The van der Waals surface area contributed by atoms with E-state index < -0.39 is 5.60 Å². The SMILES string of the molecule is CCNC(=NCC(C)(O)c1ccco1)NCCCCOCC.I. The van der Waals surface area contributed by atoms with Crippen molar-refractivity contribution in [2.24, 2.45) is 4.99 Å². The smallest absolute Gasteiger partial charge is 0.191 e. The lowest BCUT2D eigenvalue weighted by molar-refractivity contribution is 0.0437. The summed E-state index contributed by atoms with van der Waals surface area (Å²) in [6.07, 6.45) is 3.58. The number of aliphatic hydroxyl groups is 1. The standard InChI is InChI=1S/C16H29N3O3.HI/c1-4-17-15(18-10-6-7-11-21-5-2)19-13-16(3,20)14-9-8-12-22-14;/h8-9,12,20H,4-7,10-11,13H2,1-3H3,(H2,17,18,19);1H. The summed E-state index contributed by atoms with van der Waals surface area (Å²) < 4.78 is 10.6. The maximum absolute atomic E-state index is 10.4. The van der Waals surface area contributed by atoms with Crippen LogP contribution in [0.25, 0.3) is 0 Å². The van der Waals surface area contributed by atoms with E-state index in [1.165, 1.54) is 0 Å². The third-order valence-electron chi connectivity index (χ3n) is 3.15. The molecule has 1 unspecified atom stereocenters. The first-order valence-corrected chi connectivity index (χ1v) is 7.96. The highest BCUT2D eigenvalue weighted by molar-refractivity contribution is 14.0. The summed E-state index contributed by atoms with van der Waals surface area (Å²) in [7, 11) is 0. The van der Waals surface area contributed by atoms with Crippen molar-refractivity contribution in [3.8, 4) is 0 Å². The highest BCUT2D eigenvalue weighted by Crippen LogP contribution is 2.20. The van der Waals surface area contributed by atoms with Crippen LogP contribution in [0, 0.1) is 0 Å². The summed E-state index contributed by atoms with van der Waals surface area (Å²) in [4.78, 5) is 4.43. The summed E-state index contributed by atoms with van der Waals surface area (Å²) in [6, 6.07) is 3.51. The number of hydrogen-bond acceptors (Lipinski definition) is 4. The summed E-state index contributed by atoms with van der Waals surface area (Å²) >= 11 is 0. The van der Waals surface area contributed by atoms with Crippen LogP contribution in [0.2, 0.25) is 0 Å². The Morgan fingerprint density at radius 2 is 2.13 bits per heavy atom. The minimum absolute atomic E-state index is 0. The molecule has 0 fully saturated rings. The predicted molar refractivity (Wildman–Crippen MR) is 103 cm³/mol. The molecule has 134 valence electrons. The van der Waals surface area contributed by atoms with E-state index in [0.29, 0.717) is 11.7 Å². The molecule has 0 aliphatic rings. The van der Waals surface area contributed by atoms with E-state index in [1.54, 1.807) is 25.3 Å². The van der Waals surface area contributed by atoms with Gasteiger partial charge in [0.05, 0.1) is 12.8 Å². The van der Waals surface area contributed by atoms with E-state index in [4.69, 9.17) is 9.15 Å². The number of ether oxygens (including phenoxy) is 1. The first-order valence-electron chi connectivity index (χ1n) is 7.96. The summed E-state index contributed by atoms with van der Waals surface area (Å²) in [5, 5.41) is 16.8. The summed E-state index contributed by atoms with van der Waals surface area (Å²) in [5.41, 5.74) is -1.11. The molecule has 0 spiro atoms. The van der Waals surface area contributed by atoms with Crippen LogP contribution in [0.1, 0.15) is 39.4 Å². The third kappa shape index (κ3) is 9.17. The average molecular weight is 439 g/mol. The Morgan fingerprint density at radius 1 is 1.35 bits per heavy atom. The number of hydrogen-bond donors (Lipinski definition) is 3. The molecular weight excluding hydrogens is 409 g/mol. The second kappa shape index (κ2) is 12.6. The van der Waals surface area contributed by atoms with Crippen LogP contribution in [-0.2, 0) is 10.3 Å². The quantitative estimate of drug-likeness (QED) is 0.226. The van der Waals surface area contributed by atoms with Crippen molar-refractivity contribution in [2.45, 2.75) is 39.2 Å². The van der Waals surface area contributed by atoms with Gasteiger partial charge in [-0.2, -0.15) is 0 Å². The first-order chi connectivity index (χ1) is 10.6. The van der Waals surface area contributed by atoms with Crippen molar-refractivity contribution in [3.05, 3.63) is 24.2 Å². The molecule has 0 saturated heterocycles. The molecule has 1 heterocycles. The van der Waals surface area contributed by atoms with E-state index in [9.17, 15) is 5.11 Å². The van der Waals surface area contributed by atoms with Crippen molar-refractivity contribution in [2.75, 3.05) is 32.8 Å². The van der Waals surface area contributed by atoms with E-state index in [2.05, 4.69) is 15.6 Å². The van der Waals surface area contributed by atoms with Gasteiger partial charge >= 0.3 is 0 Å². The highest BCUT2D eigenvalue weighted by Gasteiger charge is 2.25. The fraction of sp³-hybridized carbons (Fsp3) is 0.688. The Balaban J connectivity index is 0.00000484. The molecule has 6 nitrogen and oxygen atoms in total. The topological polar surface area (TPSA) is 79.0 Å². The number of nitrogens with one attached hydrogen (secondary N) is 2. The van der Waals surface area contributed by atoms with Gasteiger partial charge in [-0.3, -0.25) is 0 Å². The zero-order valence-corrected chi connectivity index (χ0v) is 16.6. The number of halogens is 1. The van der Waals surface area contributed by atoms with Gasteiger partial charge in [0.1, 0.15) is 11.4 Å². The van der Waals surface area contributed by atoms with Crippen LogP contribution < -0.4 is 10.6 Å². The molecule has 0 aliphatic carbocycles. The van der Waals surface area contributed by atoms with Crippen molar-refractivity contribution < 1.29 is 14.3 Å². The molecule has 3 N–H and O–H groups in total. The van der Waals surface area contributed by atoms with Crippen molar-refractivity contribution in [3.63, 3.8) is 0 Å². The van der Waals surface area contributed by atoms with E-state index in [1.807, 2.05) is 13.8 Å². The lowest BCUT2D eigenvalue weighted by atomic mass is 10.0. The number of rotatable bonds is 10. The minimum atomic E-state index is -1.11. The van der Waals surface area contributed by atoms with Crippen LogP contribution in [-0.4, -0.2) is 43.9 Å². The van der Waals surface area contributed by atoms with Gasteiger partial charge in [-0.1, -0.05) is 0 Å². The summed E-state index contributed by atoms with van der Waals surface area (Å²) in [5.74, 6) is 1.22. The molecule has 1 rings (SSSR count). The lowest BCUT2D eigenvalue weighted by Gasteiger charge is -2.19. The van der Waals surface area contributed by atoms with Crippen molar-refractivity contribution >= 4 is 29.9 Å². The molecule has 23 heavy (non-hydrogen) atoms. The third-order valence-corrected chi connectivity index (χ3v) is 3.15. The molecule has 0 bridgehead atoms. The van der Waals surface area contributed by atoms with Crippen LogP contribution in [0.3, 0.4) is 0 Å². The lowest BCUT2D eigenvalue weighted by Crippen LogP contribution is -2.39. The molecule has 0 radical (unpaired) electrons. The van der Waals surface area contributed by atoms with Gasteiger partial charge in [-0.05, 0) is 45.7 Å². The molecule has 0 saturated carbocycles. The average Bonchev–Trinajstić information content (AvgIpc) is 3.03. The van der Waals surface area contributed by atoms with E-state index in [0.717, 1.165) is 39.1 Å². The molecule has 1 aromatic heterocycles. The van der Waals surface area contributed by atoms with E-state index in [-0.39, 0.29) is 30.5 Å². The maximum Gasteiger partial charge on any atom is 0.191 e.